The number of carbonyl (C=O) groups excluding carboxylic acids is 1. The van der Waals surface area contributed by atoms with Gasteiger partial charge in [-0.3, -0.25) is 4.79 Å². The topological polar surface area (TPSA) is 62.2 Å². The summed E-state index contributed by atoms with van der Waals surface area (Å²) in [6.07, 6.45) is 2.45. The maximum atomic E-state index is 11.9. The van der Waals surface area contributed by atoms with E-state index in [4.69, 9.17) is 23.2 Å². The van der Waals surface area contributed by atoms with Gasteiger partial charge in [-0.1, -0.05) is 37.0 Å². The first kappa shape index (κ1) is 15.2. The van der Waals surface area contributed by atoms with E-state index in [0.717, 1.165) is 0 Å². The quantitative estimate of drug-likeness (QED) is 0.820. The standard InChI is InChI=1S/C12H16Cl2N2O2/c1-3-12(18,4-2)7-16-11(17)8-5-10(14)15-6-9(8)13/h5-6,18H,3-4,7H2,1-2H3,(H,16,17). The van der Waals surface area contributed by atoms with Gasteiger partial charge in [0, 0.05) is 12.7 Å². The molecule has 18 heavy (non-hydrogen) atoms. The van der Waals surface area contributed by atoms with Crippen LogP contribution in [0.5, 0.6) is 0 Å². The number of halogens is 2. The molecule has 1 amide bonds. The molecule has 0 aromatic carbocycles. The first-order valence-electron chi connectivity index (χ1n) is 5.73. The average Bonchev–Trinajstić information content (AvgIpc) is 2.38. The molecule has 0 aliphatic carbocycles. The van der Waals surface area contributed by atoms with Crippen LogP contribution in [0.4, 0.5) is 0 Å². The summed E-state index contributed by atoms with van der Waals surface area (Å²) in [5.41, 5.74) is -0.634. The van der Waals surface area contributed by atoms with Crippen LogP contribution in [0.3, 0.4) is 0 Å². The summed E-state index contributed by atoms with van der Waals surface area (Å²) in [7, 11) is 0. The predicted octanol–water partition coefficient (Wildman–Crippen LogP) is 2.67. The summed E-state index contributed by atoms with van der Waals surface area (Å²) < 4.78 is 0. The van der Waals surface area contributed by atoms with E-state index < -0.39 is 5.60 Å². The molecule has 0 radical (unpaired) electrons. The Morgan fingerprint density at radius 3 is 2.61 bits per heavy atom. The maximum Gasteiger partial charge on any atom is 0.253 e. The molecule has 0 spiro atoms. The highest BCUT2D eigenvalue weighted by Gasteiger charge is 2.23. The van der Waals surface area contributed by atoms with Crippen LogP contribution >= 0.6 is 23.2 Å². The molecule has 100 valence electrons. The Morgan fingerprint density at radius 1 is 1.44 bits per heavy atom. The molecule has 0 saturated heterocycles. The lowest BCUT2D eigenvalue weighted by Gasteiger charge is -2.25. The number of nitrogens with one attached hydrogen (secondary N) is 1. The highest BCUT2D eigenvalue weighted by Crippen LogP contribution is 2.19. The second kappa shape index (κ2) is 6.36. The van der Waals surface area contributed by atoms with Gasteiger partial charge in [0.05, 0.1) is 16.2 Å². The monoisotopic (exact) mass is 290 g/mol. The lowest BCUT2D eigenvalue weighted by Crippen LogP contribution is -2.42. The minimum atomic E-state index is -0.890. The molecule has 6 heteroatoms. The number of amides is 1. The molecule has 4 nitrogen and oxygen atoms in total. The van der Waals surface area contributed by atoms with Gasteiger partial charge in [-0.15, -0.1) is 0 Å². The zero-order chi connectivity index (χ0) is 13.8. The van der Waals surface area contributed by atoms with Crippen molar-refractivity contribution < 1.29 is 9.90 Å². The first-order chi connectivity index (χ1) is 8.41. The Morgan fingerprint density at radius 2 is 2.06 bits per heavy atom. The van der Waals surface area contributed by atoms with Crippen LogP contribution in [0.25, 0.3) is 0 Å². The third-order valence-corrected chi connectivity index (χ3v) is 3.47. The van der Waals surface area contributed by atoms with E-state index in [1.165, 1.54) is 12.3 Å². The molecule has 1 aromatic heterocycles. The number of rotatable bonds is 5. The van der Waals surface area contributed by atoms with E-state index in [-0.39, 0.29) is 28.2 Å². The Hall–Kier alpha value is -0.840. The van der Waals surface area contributed by atoms with Crippen molar-refractivity contribution in [2.75, 3.05) is 6.54 Å². The molecular formula is C12H16Cl2N2O2. The Labute approximate surface area is 116 Å². The number of nitrogens with zero attached hydrogens (tertiary/aromatic N) is 1. The van der Waals surface area contributed by atoms with E-state index in [2.05, 4.69) is 10.3 Å². The molecule has 0 unspecified atom stereocenters. The molecule has 1 heterocycles. The Kier molecular flexibility index (Phi) is 5.38. The van der Waals surface area contributed by atoms with Gasteiger partial charge in [-0.05, 0) is 18.9 Å². The summed E-state index contributed by atoms with van der Waals surface area (Å²) in [4.78, 5) is 15.7. The summed E-state index contributed by atoms with van der Waals surface area (Å²) >= 11 is 11.6. The van der Waals surface area contributed by atoms with Crippen molar-refractivity contribution in [1.82, 2.24) is 10.3 Å². The molecule has 0 fully saturated rings. The molecule has 1 aromatic rings. The Bertz CT molecular complexity index is 434. The van der Waals surface area contributed by atoms with Gasteiger partial charge in [0.15, 0.2) is 0 Å². The highest BCUT2D eigenvalue weighted by molar-refractivity contribution is 6.35. The molecule has 2 N–H and O–H groups in total. The van der Waals surface area contributed by atoms with E-state index in [0.29, 0.717) is 12.8 Å². The zero-order valence-corrected chi connectivity index (χ0v) is 11.8. The predicted molar refractivity (Wildman–Crippen MR) is 72.1 cm³/mol. The fraction of sp³-hybridized carbons (Fsp3) is 0.500. The van der Waals surface area contributed by atoms with Gasteiger partial charge in [0.2, 0.25) is 0 Å². The van der Waals surface area contributed by atoms with Gasteiger partial charge in [-0.25, -0.2) is 4.98 Å². The van der Waals surface area contributed by atoms with Crippen molar-refractivity contribution in [3.63, 3.8) is 0 Å². The third kappa shape index (κ3) is 3.83. The smallest absolute Gasteiger partial charge is 0.253 e. The average molecular weight is 291 g/mol. The molecule has 0 atom stereocenters. The number of carbonyl (C=O) groups is 1. The largest absolute Gasteiger partial charge is 0.388 e. The lowest BCUT2D eigenvalue weighted by molar-refractivity contribution is 0.0314. The van der Waals surface area contributed by atoms with Crippen molar-refractivity contribution >= 4 is 29.1 Å². The van der Waals surface area contributed by atoms with Crippen molar-refractivity contribution in [2.45, 2.75) is 32.3 Å². The number of aliphatic hydroxyl groups is 1. The van der Waals surface area contributed by atoms with Crippen LogP contribution in [0.1, 0.15) is 37.0 Å². The van der Waals surface area contributed by atoms with E-state index in [9.17, 15) is 9.90 Å². The third-order valence-electron chi connectivity index (χ3n) is 2.96. The molecule has 0 aliphatic heterocycles. The van der Waals surface area contributed by atoms with E-state index in [1.54, 1.807) is 0 Å². The van der Waals surface area contributed by atoms with Crippen LogP contribution in [-0.4, -0.2) is 28.1 Å². The van der Waals surface area contributed by atoms with Crippen LogP contribution < -0.4 is 5.32 Å². The number of pyridine rings is 1. The normalized spacial score (nSPS) is 11.4. The molecule has 0 bridgehead atoms. The van der Waals surface area contributed by atoms with Gasteiger partial charge < -0.3 is 10.4 Å². The molecule has 0 aliphatic rings. The van der Waals surface area contributed by atoms with Gasteiger partial charge in [-0.2, -0.15) is 0 Å². The van der Waals surface area contributed by atoms with E-state index >= 15 is 0 Å². The van der Waals surface area contributed by atoms with Gasteiger partial charge in [0.25, 0.3) is 5.91 Å². The molecule has 0 saturated carbocycles. The van der Waals surface area contributed by atoms with Crippen molar-refractivity contribution in [1.29, 1.82) is 0 Å². The van der Waals surface area contributed by atoms with Crippen molar-refractivity contribution in [2.24, 2.45) is 0 Å². The number of hydrogen-bond donors (Lipinski definition) is 2. The van der Waals surface area contributed by atoms with Crippen LogP contribution in [-0.2, 0) is 0 Å². The minimum absolute atomic E-state index is 0.176. The van der Waals surface area contributed by atoms with Gasteiger partial charge >= 0.3 is 0 Å². The Balaban J connectivity index is 2.74. The van der Waals surface area contributed by atoms with Crippen LogP contribution in [0.2, 0.25) is 10.2 Å². The zero-order valence-electron chi connectivity index (χ0n) is 10.3. The van der Waals surface area contributed by atoms with Crippen LogP contribution in [0.15, 0.2) is 12.3 Å². The van der Waals surface area contributed by atoms with Gasteiger partial charge in [0.1, 0.15) is 5.15 Å². The van der Waals surface area contributed by atoms with Crippen molar-refractivity contribution in [3.8, 4) is 0 Å². The first-order valence-corrected chi connectivity index (χ1v) is 6.49. The number of hydrogen-bond acceptors (Lipinski definition) is 3. The SMILES string of the molecule is CCC(O)(CC)CNC(=O)c1cc(Cl)ncc1Cl. The fourth-order valence-corrected chi connectivity index (χ4v) is 1.77. The number of aromatic nitrogens is 1. The summed E-state index contributed by atoms with van der Waals surface area (Å²) in [6.45, 7) is 3.91. The summed E-state index contributed by atoms with van der Waals surface area (Å²) in [6, 6.07) is 1.40. The minimum Gasteiger partial charge on any atom is -0.388 e. The molecule has 1 rings (SSSR count). The van der Waals surface area contributed by atoms with Crippen LogP contribution in [0, 0.1) is 0 Å². The van der Waals surface area contributed by atoms with Crippen molar-refractivity contribution in [3.05, 3.63) is 28.0 Å². The summed E-state index contributed by atoms with van der Waals surface area (Å²) in [5, 5.41) is 13.1. The highest BCUT2D eigenvalue weighted by atomic mass is 35.5. The summed E-state index contributed by atoms with van der Waals surface area (Å²) in [5.74, 6) is -0.371. The lowest BCUT2D eigenvalue weighted by atomic mass is 9.97. The van der Waals surface area contributed by atoms with E-state index in [1.807, 2.05) is 13.8 Å². The second-order valence-corrected chi connectivity index (χ2v) is 4.90. The second-order valence-electron chi connectivity index (χ2n) is 4.10. The molecular weight excluding hydrogens is 275 g/mol. The fourth-order valence-electron chi connectivity index (χ4n) is 1.43. The maximum absolute atomic E-state index is 11.9.